The number of benzene rings is 1. The third-order valence-corrected chi connectivity index (χ3v) is 4.25. The summed E-state index contributed by atoms with van der Waals surface area (Å²) in [5, 5.41) is 12.2. The van der Waals surface area contributed by atoms with Gasteiger partial charge >= 0.3 is 0 Å². The minimum atomic E-state index is 0.647. The van der Waals surface area contributed by atoms with E-state index in [4.69, 9.17) is 5.26 Å². The quantitative estimate of drug-likeness (QED) is 0.933. The van der Waals surface area contributed by atoms with Gasteiger partial charge in [0.25, 0.3) is 0 Å². The standard InChI is InChI=1S/C18H22N6/c1-3-23-8-10-24(11-9-23)18-12-17(20-14(2)21-18)22-16-6-4-15(13-19)5-7-16/h4-7,12H,3,8-11H2,1-2H3,(H,20,21,22). The normalized spacial score (nSPS) is 15.1. The third-order valence-electron chi connectivity index (χ3n) is 4.25. The van der Waals surface area contributed by atoms with Crippen molar-refractivity contribution in [3.8, 4) is 6.07 Å². The summed E-state index contributed by atoms with van der Waals surface area (Å²) in [5.41, 5.74) is 1.56. The second kappa shape index (κ2) is 7.28. The lowest BCUT2D eigenvalue weighted by atomic mass is 10.2. The summed E-state index contributed by atoms with van der Waals surface area (Å²) in [7, 11) is 0. The molecule has 0 unspecified atom stereocenters. The van der Waals surface area contributed by atoms with Gasteiger partial charge in [-0.05, 0) is 37.7 Å². The summed E-state index contributed by atoms with van der Waals surface area (Å²) in [4.78, 5) is 13.8. The van der Waals surface area contributed by atoms with E-state index in [0.717, 1.165) is 55.9 Å². The molecule has 1 aliphatic heterocycles. The predicted octanol–water partition coefficient (Wildman–Crippen LogP) is 2.54. The number of hydrogen-bond acceptors (Lipinski definition) is 6. The minimum absolute atomic E-state index is 0.647. The highest BCUT2D eigenvalue weighted by atomic mass is 15.3. The molecule has 6 heteroatoms. The molecule has 0 aliphatic carbocycles. The maximum absolute atomic E-state index is 8.87. The van der Waals surface area contributed by atoms with E-state index in [9.17, 15) is 0 Å². The lowest BCUT2D eigenvalue weighted by molar-refractivity contribution is 0.270. The van der Waals surface area contributed by atoms with E-state index in [1.807, 2.05) is 25.1 Å². The fraction of sp³-hybridized carbons (Fsp3) is 0.389. The zero-order valence-electron chi connectivity index (χ0n) is 14.2. The van der Waals surface area contributed by atoms with Crippen LogP contribution < -0.4 is 10.2 Å². The minimum Gasteiger partial charge on any atom is -0.354 e. The summed E-state index contributed by atoms with van der Waals surface area (Å²) in [5.74, 6) is 2.50. The van der Waals surface area contributed by atoms with Gasteiger partial charge in [0.15, 0.2) is 0 Å². The molecular formula is C18H22N6. The predicted molar refractivity (Wildman–Crippen MR) is 95.5 cm³/mol. The smallest absolute Gasteiger partial charge is 0.136 e. The monoisotopic (exact) mass is 322 g/mol. The van der Waals surface area contributed by atoms with Crippen LogP contribution in [0.1, 0.15) is 18.3 Å². The van der Waals surface area contributed by atoms with E-state index >= 15 is 0 Å². The molecule has 1 N–H and O–H groups in total. The number of likely N-dealkylation sites (N-methyl/N-ethyl adjacent to an activating group) is 1. The molecule has 0 atom stereocenters. The number of aromatic nitrogens is 2. The topological polar surface area (TPSA) is 68.1 Å². The van der Waals surface area contributed by atoms with Gasteiger partial charge in [0.1, 0.15) is 17.5 Å². The first-order valence-electron chi connectivity index (χ1n) is 8.28. The molecule has 124 valence electrons. The number of anilines is 3. The molecule has 0 radical (unpaired) electrons. The Kier molecular flexibility index (Phi) is 4.92. The van der Waals surface area contributed by atoms with Crippen LogP contribution in [0.5, 0.6) is 0 Å². The number of nitrogens with zero attached hydrogens (tertiary/aromatic N) is 5. The highest BCUT2D eigenvalue weighted by Gasteiger charge is 2.17. The largest absolute Gasteiger partial charge is 0.354 e. The second-order valence-corrected chi connectivity index (χ2v) is 5.89. The van der Waals surface area contributed by atoms with Crippen molar-refractivity contribution in [2.24, 2.45) is 0 Å². The second-order valence-electron chi connectivity index (χ2n) is 5.89. The van der Waals surface area contributed by atoms with Crippen LogP contribution in [-0.2, 0) is 0 Å². The Bertz CT molecular complexity index is 726. The van der Waals surface area contributed by atoms with Gasteiger partial charge in [-0.2, -0.15) is 5.26 Å². The highest BCUT2D eigenvalue weighted by Crippen LogP contribution is 2.21. The van der Waals surface area contributed by atoms with Gasteiger partial charge in [0.2, 0.25) is 0 Å². The van der Waals surface area contributed by atoms with E-state index in [-0.39, 0.29) is 0 Å². The average Bonchev–Trinajstić information content (AvgIpc) is 2.62. The van der Waals surface area contributed by atoms with Crippen molar-refractivity contribution in [3.05, 3.63) is 41.7 Å². The highest BCUT2D eigenvalue weighted by molar-refractivity contribution is 5.60. The van der Waals surface area contributed by atoms with Gasteiger partial charge in [0, 0.05) is 37.9 Å². The van der Waals surface area contributed by atoms with Crippen LogP contribution in [0.25, 0.3) is 0 Å². The van der Waals surface area contributed by atoms with Gasteiger partial charge in [-0.15, -0.1) is 0 Å². The summed E-state index contributed by atoms with van der Waals surface area (Å²) < 4.78 is 0. The van der Waals surface area contributed by atoms with Crippen LogP contribution in [0.15, 0.2) is 30.3 Å². The van der Waals surface area contributed by atoms with Gasteiger partial charge in [-0.25, -0.2) is 9.97 Å². The van der Waals surface area contributed by atoms with Gasteiger partial charge in [0.05, 0.1) is 11.6 Å². The van der Waals surface area contributed by atoms with Crippen molar-refractivity contribution < 1.29 is 0 Å². The molecule has 1 fully saturated rings. The Morgan fingerprint density at radius 3 is 2.46 bits per heavy atom. The Morgan fingerprint density at radius 2 is 1.83 bits per heavy atom. The van der Waals surface area contributed by atoms with Crippen molar-refractivity contribution in [1.82, 2.24) is 14.9 Å². The van der Waals surface area contributed by atoms with E-state index in [1.54, 1.807) is 12.1 Å². The fourth-order valence-corrected chi connectivity index (χ4v) is 2.85. The molecule has 0 spiro atoms. The molecule has 3 rings (SSSR count). The Balaban J connectivity index is 1.75. The summed E-state index contributed by atoms with van der Waals surface area (Å²) in [6.07, 6.45) is 0. The number of hydrogen-bond donors (Lipinski definition) is 1. The van der Waals surface area contributed by atoms with E-state index in [0.29, 0.717) is 5.56 Å². The summed E-state index contributed by atoms with van der Waals surface area (Å²) >= 11 is 0. The van der Waals surface area contributed by atoms with Crippen molar-refractivity contribution >= 4 is 17.3 Å². The molecule has 0 bridgehead atoms. The van der Waals surface area contributed by atoms with Gasteiger partial charge in [-0.3, -0.25) is 0 Å². The van der Waals surface area contributed by atoms with E-state index in [1.165, 1.54) is 0 Å². The third kappa shape index (κ3) is 3.81. The number of piperazine rings is 1. The van der Waals surface area contributed by atoms with Crippen LogP contribution in [0.4, 0.5) is 17.3 Å². The molecule has 2 aromatic rings. The molecule has 2 heterocycles. The molecule has 6 nitrogen and oxygen atoms in total. The molecule has 0 amide bonds. The zero-order valence-corrected chi connectivity index (χ0v) is 14.2. The molecule has 1 aromatic carbocycles. The lowest BCUT2D eigenvalue weighted by Crippen LogP contribution is -2.46. The van der Waals surface area contributed by atoms with Crippen LogP contribution in [0, 0.1) is 18.3 Å². The molecular weight excluding hydrogens is 300 g/mol. The van der Waals surface area contributed by atoms with Crippen molar-refractivity contribution in [1.29, 1.82) is 5.26 Å². The lowest BCUT2D eigenvalue weighted by Gasteiger charge is -2.34. The van der Waals surface area contributed by atoms with Gasteiger partial charge < -0.3 is 15.1 Å². The maximum Gasteiger partial charge on any atom is 0.136 e. The Morgan fingerprint density at radius 1 is 1.12 bits per heavy atom. The first-order chi connectivity index (χ1) is 11.7. The fourth-order valence-electron chi connectivity index (χ4n) is 2.85. The first kappa shape index (κ1) is 16.2. The number of rotatable bonds is 4. The van der Waals surface area contributed by atoms with Crippen LogP contribution in [0.2, 0.25) is 0 Å². The maximum atomic E-state index is 8.87. The van der Waals surface area contributed by atoms with Crippen LogP contribution in [0.3, 0.4) is 0 Å². The van der Waals surface area contributed by atoms with Crippen molar-refractivity contribution in [2.45, 2.75) is 13.8 Å². The Labute approximate surface area is 142 Å². The SMILES string of the molecule is CCN1CCN(c2cc(Nc3ccc(C#N)cc3)nc(C)n2)CC1. The van der Waals surface area contributed by atoms with Crippen molar-refractivity contribution in [2.75, 3.05) is 42.9 Å². The molecule has 1 aliphatic rings. The molecule has 0 saturated carbocycles. The van der Waals surface area contributed by atoms with Crippen LogP contribution in [-0.4, -0.2) is 47.6 Å². The summed E-state index contributed by atoms with van der Waals surface area (Å²) in [6.45, 7) is 9.32. The molecule has 1 saturated heterocycles. The number of nitriles is 1. The Hall–Kier alpha value is -2.65. The van der Waals surface area contributed by atoms with Crippen molar-refractivity contribution in [3.63, 3.8) is 0 Å². The van der Waals surface area contributed by atoms with Crippen LogP contribution >= 0.6 is 0 Å². The van der Waals surface area contributed by atoms with E-state index in [2.05, 4.69) is 38.1 Å². The first-order valence-corrected chi connectivity index (χ1v) is 8.28. The number of aryl methyl sites for hydroxylation is 1. The average molecular weight is 322 g/mol. The van der Waals surface area contributed by atoms with E-state index < -0.39 is 0 Å². The van der Waals surface area contributed by atoms with Gasteiger partial charge in [-0.1, -0.05) is 6.92 Å². The molecule has 1 aromatic heterocycles. The molecule has 24 heavy (non-hydrogen) atoms. The number of nitrogens with one attached hydrogen (secondary N) is 1. The summed E-state index contributed by atoms with van der Waals surface area (Å²) in [6, 6.07) is 11.5. The zero-order chi connectivity index (χ0) is 16.9.